The molecule has 0 radical (unpaired) electrons. The van der Waals surface area contributed by atoms with Crippen LogP contribution in [0.4, 0.5) is 9.80 Å². The van der Waals surface area contributed by atoms with Crippen molar-refractivity contribution >= 4 is 28.4 Å². The summed E-state index contributed by atoms with van der Waals surface area (Å²) in [6.45, 7) is 4.54. The van der Waals surface area contributed by atoms with E-state index < -0.39 is 6.09 Å². The molecule has 6 heteroatoms. The van der Waals surface area contributed by atoms with Gasteiger partial charge in [-0.1, -0.05) is 13.8 Å². The number of hydrogen-bond donors (Lipinski definition) is 1. The molecule has 1 N–H and O–H groups in total. The monoisotopic (exact) mass is 311 g/mol. The van der Waals surface area contributed by atoms with Gasteiger partial charge < -0.3 is 9.47 Å². The molecule has 1 heterocycles. The summed E-state index contributed by atoms with van der Waals surface area (Å²) >= 11 is 1.46. The van der Waals surface area contributed by atoms with Crippen LogP contribution in [0.2, 0.25) is 0 Å². The quantitative estimate of drug-likeness (QED) is 0.863. The average Bonchev–Trinajstić information content (AvgIpc) is 2.81. The molecule has 2 rings (SSSR count). The summed E-state index contributed by atoms with van der Waals surface area (Å²) in [6, 6.07) is 0. The van der Waals surface area contributed by atoms with Gasteiger partial charge in [-0.3, -0.25) is 5.32 Å². The molecule has 0 fully saturated rings. The van der Waals surface area contributed by atoms with E-state index in [1.54, 1.807) is 0 Å². The first kappa shape index (κ1) is 15.8. The van der Waals surface area contributed by atoms with E-state index in [4.69, 9.17) is 4.74 Å². The number of ether oxygens (including phenoxy) is 2. The van der Waals surface area contributed by atoms with Gasteiger partial charge in [0.25, 0.3) is 0 Å². The van der Waals surface area contributed by atoms with Crippen LogP contribution in [0.15, 0.2) is 0 Å². The van der Waals surface area contributed by atoms with E-state index in [9.17, 15) is 9.59 Å². The fraction of sp³-hybridized carbons (Fsp3) is 0.600. The third-order valence-corrected chi connectivity index (χ3v) is 4.72. The van der Waals surface area contributed by atoms with Gasteiger partial charge >= 0.3 is 12.1 Å². The Morgan fingerprint density at radius 1 is 1.43 bits per heavy atom. The van der Waals surface area contributed by atoms with Crippen molar-refractivity contribution in [3.63, 3.8) is 0 Å². The van der Waals surface area contributed by atoms with Crippen molar-refractivity contribution in [1.29, 1.82) is 0 Å². The zero-order valence-corrected chi connectivity index (χ0v) is 13.5. The van der Waals surface area contributed by atoms with Crippen molar-refractivity contribution in [2.24, 2.45) is 5.92 Å². The summed E-state index contributed by atoms with van der Waals surface area (Å²) in [4.78, 5) is 24.9. The van der Waals surface area contributed by atoms with E-state index in [-0.39, 0.29) is 5.97 Å². The van der Waals surface area contributed by atoms with Crippen molar-refractivity contribution in [3.05, 3.63) is 16.0 Å². The van der Waals surface area contributed by atoms with Gasteiger partial charge in [-0.15, -0.1) is 11.3 Å². The maximum absolute atomic E-state index is 12.3. The summed E-state index contributed by atoms with van der Waals surface area (Å²) in [5.74, 6) is 0.247. The average molecular weight is 311 g/mol. The molecule has 0 spiro atoms. The number of carbonyl (C=O) groups excluding carboxylic acids is 2. The highest BCUT2D eigenvalue weighted by Gasteiger charge is 2.29. The van der Waals surface area contributed by atoms with Crippen molar-refractivity contribution in [2.75, 3.05) is 19.0 Å². The Morgan fingerprint density at radius 3 is 2.86 bits per heavy atom. The van der Waals surface area contributed by atoms with Crippen LogP contribution < -0.4 is 5.32 Å². The predicted molar refractivity (Wildman–Crippen MR) is 82.1 cm³/mol. The van der Waals surface area contributed by atoms with Crippen molar-refractivity contribution in [2.45, 2.75) is 39.5 Å². The summed E-state index contributed by atoms with van der Waals surface area (Å²) in [5, 5.41) is 3.19. The lowest BCUT2D eigenvalue weighted by molar-refractivity contribution is 0.0505. The second-order valence-electron chi connectivity index (χ2n) is 5.31. The number of esters is 1. The smallest absolute Gasteiger partial charge is 0.411 e. The second-order valence-corrected chi connectivity index (χ2v) is 6.41. The summed E-state index contributed by atoms with van der Waals surface area (Å²) in [6.07, 6.45) is 3.05. The molecule has 1 aliphatic carbocycles. The van der Waals surface area contributed by atoms with Gasteiger partial charge in [0.1, 0.15) is 5.00 Å². The minimum absolute atomic E-state index is 0.352. The number of hydrogen-bond acceptors (Lipinski definition) is 5. The Bertz CT molecular complexity index is 538. The molecule has 0 saturated carbocycles. The van der Waals surface area contributed by atoms with Crippen LogP contribution in [0.5, 0.6) is 0 Å². The number of rotatable bonds is 4. The molecule has 1 unspecified atom stereocenters. The standard InChI is InChI=1S/C15H21NO4S/c1-4-7-20-14(17)12-10-6-5-9(2)8-11(10)21-13(12)16-15(18)19-3/h9H,4-8H2,1-3H3,(H,16,18). The third kappa shape index (κ3) is 3.56. The van der Waals surface area contributed by atoms with Crippen LogP contribution >= 0.6 is 11.3 Å². The molecular formula is C15H21NO4S. The lowest BCUT2D eigenvalue weighted by atomic mass is 9.88. The summed E-state index contributed by atoms with van der Waals surface area (Å²) in [5.41, 5.74) is 1.55. The molecule has 0 aliphatic heterocycles. The summed E-state index contributed by atoms with van der Waals surface area (Å²) < 4.78 is 9.89. The normalized spacial score (nSPS) is 17.0. The van der Waals surface area contributed by atoms with E-state index in [2.05, 4.69) is 17.0 Å². The summed E-state index contributed by atoms with van der Waals surface area (Å²) in [7, 11) is 1.31. The zero-order chi connectivity index (χ0) is 15.4. The van der Waals surface area contributed by atoms with E-state index in [1.807, 2.05) is 6.92 Å². The molecule has 1 amide bonds. The van der Waals surface area contributed by atoms with Crippen LogP contribution in [0.3, 0.4) is 0 Å². The second kappa shape index (κ2) is 6.93. The molecule has 116 valence electrons. The highest BCUT2D eigenvalue weighted by Crippen LogP contribution is 2.40. The van der Waals surface area contributed by atoms with E-state index in [0.717, 1.165) is 31.2 Å². The highest BCUT2D eigenvalue weighted by molar-refractivity contribution is 7.17. The van der Waals surface area contributed by atoms with E-state index >= 15 is 0 Å². The van der Waals surface area contributed by atoms with E-state index in [1.165, 1.54) is 23.3 Å². The van der Waals surface area contributed by atoms with Gasteiger partial charge in [0.15, 0.2) is 0 Å². The number of fused-ring (bicyclic) bond motifs is 1. The first-order chi connectivity index (χ1) is 10.1. The molecule has 1 atom stereocenters. The molecule has 0 aromatic carbocycles. The van der Waals surface area contributed by atoms with Gasteiger partial charge in [-0.05, 0) is 37.2 Å². The van der Waals surface area contributed by atoms with Crippen molar-refractivity contribution < 1.29 is 19.1 Å². The molecule has 0 saturated heterocycles. The third-order valence-electron chi connectivity index (χ3n) is 3.55. The van der Waals surface area contributed by atoms with Crippen molar-refractivity contribution in [1.82, 2.24) is 0 Å². The fourth-order valence-electron chi connectivity index (χ4n) is 2.47. The van der Waals surface area contributed by atoms with Gasteiger partial charge in [-0.2, -0.15) is 0 Å². The number of thiophene rings is 1. The minimum atomic E-state index is -0.564. The Morgan fingerprint density at radius 2 is 2.19 bits per heavy atom. The number of nitrogens with one attached hydrogen (secondary N) is 1. The van der Waals surface area contributed by atoms with Gasteiger partial charge in [0.05, 0.1) is 19.3 Å². The molecule has 5 nitrogen and oxygen atoms in total. The lowest BCUT2D eigenvalue weighted by Crippen LogP contribution is -2.16. The zero-order valence-electron chi connectivity index (χ0n) is 12.7. The Kier molecular flexibility index (Phi) is 5.22. The number of amides is 1. The van der Waals surface area contributed by atoms with Crippen LogP contribution in [0.25, 0.3) is 0 Å². The Labute approximate surface area is 128 Å². The maximum atomic E-state index is 12.3. The number of carbonyl (C=O) groups is 2. The SMILES string of the molecule is CCCOC(=O)c1c(NC(=O)OC)sc2c1CCC(C)C2. The molecule has 1 aromatic heterocycles. The maximum Gasteiger partial charge on any atom is 0.411 e. The lowest BCUT2D eigenvalue weighted by Gasteiger charge is -2.18. The first-order valence-electron chi connectivity index (χ1n) is 7.23. The van der Waals surface area contributed by atoms with Crippen LogP contribution in [-0.4, -0.2) is 25.8 Å². The fourth-order valence-corrected chi connectivity index (χ4v) is 3.85. The van der Waals surface area contributed by atoms with Crippen LogP contribution in [0.1, 0.15) is 47.5 Å². The molecule has 0 bridgehead atoms. The van der Waals surface area contributed by atoms with Crippen LogP contribution in [-0.2, 0) is 22.3 Å². The van der Waals surface area contributed by atoms with Crippen molar-refractivity contribution in [3.8, 4) is 0 Å². The molecule has 1 aliphatic rings. The first-order valence-corrected chi connectivity index (χ1v) is 8.05. The molecule has 21 heavy (non-hydrogen) atoms. The van der Waals surface area contributed by atoms with Crippen LogP contribution in [0, 0.1) is 5.92 Å². The van der Waals surface area contributed by atoms with Gasteiger partial charge in [0.2, 0.25) is 0 Å². The molecular weight excluding hydrogens is 290 g/mol. The largest absolute Gasteiger partial charge is 0.462 e. The number of methoxy groups -OCH3 is 1. The van der Waals surface area contributed by atoms with E-state index in [0.29, 0.717) is 23.1 Å². The van der Waals surface area contributed by atoms with Gasteiger partial charge in [0, 0.05) is 4.88 Å². The predicted octanol–water partition coefficient (Wildman–Crippen LogP) is 3.62. The molecule has 1 aromatic rings. The Hall–Kier alpha value is -1.56. The topological polar surface area (TPSA) is 64.6 Å². The highest BCUT2D eigenvalue weighted by atomic mass is 32.1. The number of anilines is 1. The Balaban J connectivity index is 2.34. The van der Waals surface area contributed by atoms with Gasteiger partial charge in [-0.25, -0.2) is 9.59 Å². The minimum Gasteiger partial charge on any atom is -0.462 e.